The Kier molecular flexibility index (Phi) is 8.22. The molecule has 0 unspecified atom stereocenters. The smallest absolute Gasteiger partial charge is 0.230 e. The van der Waals surface area contributed by atoms with Crippen LogP contribution in [0.1, 0.15) is 17.5 Å². The minimum atomic E-state index is -0.108. The average Bonchev–Trinajstić information content (AvgIpc) is 3.23. The molecule has 3 rings (SSSR count). The van der Waals surface area contributed by atoms with E-state index in [4.69, 9.17) is 4.74 Å². The highest BCUT2D eigenvalue weighted by Gasteiger charge is 2.11. The van der Waals surface area contributed by atoms with Crippen molar-refractivity contribution in [1.29, 1.82) is 0 Å². The standard InChI is InChI=1S/C21H22N4O3S2/c1-28-17-10-7-16(8-11-17)13-22-19(27)14-29-21-25-24-20(30-21)23-18(26)12-9-15-5-3-2-4-6-15/h2-8,10-11H,9,12-14H2,1H3,(H,22,27)(H,23,24,26). The zero-order valence-corrected chi connectivity index (χ0v) is 18.1. The van der Waals surface area contributed by atoms with E-state index in [2.05, 4.69) is 20.8 Å². The number of rotatable bonds is 10. The van der Waals surface area contributed by atoms with Crippen LogP contribution in [0.5, 0.6) is 5.75 Å². The number of nitrogens with one attached hydrogen (secondary N) is 2. The largest absolute Gasteiger partial charge is 0.497 e. The lowest BCUT2D eigenvalue weighted by atomic mass is 10.1. The molecule has 9 heteroatoms. The topological polar surface area (TPSA) is 93.2 Å². The van der Waals surface area contributed by atoms with Gasteiger partial charge in [0.15, 0.2) is 4.34 Å². The first-order valence-corrected chi connectivity index (χ1v) is 11.1. The van der Waals surface area contributed by atoms with E-state index in [1.165, 1.54) is 23.1 Å². The van der Waals surface area contributed by atoms with Gasteiger partial charge in [0.2, 0.25) is 16.9 Å². The summed E-state index contributed by atoms with van der Waals surface area (Å²) in [5.74, 6) is 0.801. The maximum absolute atomic E-state index is 12.1. The first-order chi connectivity index (χ1) is 14.6. The van der Waals surface area contributed by atoms with Crippen LogP contribution >= 0.6 is 23.1 Å². The third kappa shape index (κ3) is 7.16. The van der Waals surface area contributed by atoms with E-state index in [0.29, 0.717) is 28.9 Å². The van der Waals surface area contributed by atoms with Crippen LogP contribution in [0.4, 0.5) is 5.13 Å². The number of anilines is 1. The van der Waals surface area contributed by atoms with Gasteiger partial charge >= 0.3 is 0 Å². The highest BCUT2D eigenvalue weighted by Crippen LogP contribution is 2.25. The number of methoxy groups -OCH3 is 1. The lowest BCUT2D eigenvalue weighted by Crippen LogP contribution is -2.24. The van der Waals surface area contributed by atoms with Gasteiger partial charge in [0.05, 0.1) is 12.9 Å². The van der Waals surface area contributed by atoms with Crippen molar-refractivity contribution in [3.05, 3.63) is 65.7 Å². The van der Waals surface area contributed by atoms with E-state index >= 15 is 0 Å². The number of nitrogens with zero attached hydrogens (tertiary/aromatic N) is 2. The van der Waals surface area contributed by atoms with Crippen molar-refractivity contribution in [2.75, 3.05) is 18.2 Å². The summed E-state index contributed by atoms with van der Waals surface area (Å²) in [6.45, 7) is 0.447. The predicted octanol–water partition coefficient (Wildman–Crippen LogP) is 3.53. The van der Waals surface area contributed by atoms with Crippen molar-refractivity contribution in [3.8, 4) is 5.75 Å². The second-order valence-electron chi connectivity index (χ2n) is 6.32. The van der Waals surface area contributed by atoms with Gasteiger partial charge in [-0.05, 0) is 29.7 Å². The molecule has 0 saturated carbocycles. The highest BCUT2D eigenvalue weighted by atomic mass is 32.2. The maximum atomic E-state index is 12.1. The summed E-state index contributed by atoms with van der Waals surface area (Å²) in [6, 6.07) is 17.4. The number of thioether (sulfide) groups is 1. The van der Waals surface area contributed by atoms with Crippen molar-refractivity contribution in [2.24, 2.45) is 0 Å². The zero-order chi connectivity index (χ0) is 21.2. The van der Waals surface area contributed by atoms with Crippen LogP contribution < -0.4 is 15.4 Å². The van der Waals surface area contributed by atoms with Crippen molar-refractivity contribution in [3.63, 3.8) is 0 Å². The summed E-state index contributed by atoms with van der Waals surface area (Å²) in [5, 5.41) is 14.1. The number of carbonyl (C=O) groups is 2. The third-order valence-corrected chi connectivity index (χ3v) is 6.08. The number of benzene rings is 2. The molecule has 0 aliphatic rings. The van der Waals surface area contributed by atoms with Crippen molar-refractivity contribution < 1.29 is 14.3 Å². The lowest BCUT2D eigenvalue weighted by Gasteiger charge is -2.05. The average molecular weight is 443 g/mol. The summed E-state index contributed by atoms with van der Waals surface area (Å²) in [6.07, 6.45) is 1.04. The van der Waals surface area contributed by atoms with Crippen LogP contribution in [0.25, 0.3) is 0 Å². The van der Waals surface area contributed by atoms with Crippen molar-refractivity contribution in [1.82, 2.24) is 15.5 Å². The highest BCUT2D eigenvalue weighted by molar-refractivity contribution is 8.01. The number of hydrogen-bond acceptors (Lipinski definition) is 7. The molecule has 3 aromatic rings. The summed E-state index contributed by atoms with van der Waals surface area (Å²) in [5.41, 5.74) is 2.10. The summed E-state index contributed by atoms with van der Waals surface area (Å²) >= 11 is 2.55. The van der Waals surface area contributed by atoms with Crippen molar-refractivity contribution >= 4 is 40.0 Å². The molecule has 7 nitrogen and oxygen atoms in total. The molecule has 0 saturated heterocycles. The van der Waals surface area contributed by atoms with Crippen LogP contribution in [-0.2, 0) is 22.6 Å². The third-order valence-electron chi connectivity index (χ3n) is 4.11. The minimum Gasteiger partial charge on any atom is -0.497 e. The zero-order valence-electron chi connectivity index (χ0n) is 16.5. The van der Waals surface area contributed by atoms with Crippen LogP contribution in [0, 0.1) is 0 Å². The van der Waals surface area contributed by atoms with E-state index in [1.807, 2.05) is 54.6 Å². The second-order valence-corrected chi connectivity index (χ2v) is 8.52. The van der Waals surface area contributed by atoms with Crippen LogP contribution in [0.15, 0.2) is 58.9 Å². The number of aromatic nitrogens is 2. The Morgan fingerprint density at radius 2 is 1.77 bits per heavy atom. The Labute approximate surface area is 183 Å². The van der Waals surface area contributed by atoms with E-state index in [1.54, 1.807) is 7.11 Å². The fraction of sp³-hybridized carbons (Fsp3) is 0.238. The number of ether oxygens (including phenoxy) is 1. The van der Waals surface area contributed by atoms with E-state index in [0.717, 1.165) is 16.9 Å². The lowest BCUT2D eigenvalue weighted by molar-refractivity contribution is -0.118. The van der Waals surface area contributed by atoms with Crippen LogP contribution in [-0.4, -0.2) is 34.9 Å². The molecule has 0 bridgehead atoms. The Morgan fingerprint density at radius 3 is 2.50 bits per heavy atom. The molecule has 30 heavy (non-hydrogen) atoms. The number of carbonyl (C=O) groups excluding carboxylic acids is 2. The molecule has 2 amide bonds. The van der Waals surface area contributed by atoms with Gasteiger partial charge < -0.3 is 15.4 Å². The van der Waals surface area contributed by atoms with Crippen LogP contribution in [0.2, 0.25) is 0 Å². The Morgan fingerprint density at radius 1 is 1.00 bits per heavy atom. The van der Waals surface area contributed by atoms with Gasteiger partial charge in [-0.15, -0.1) is 10.2 Å². The molecular formula is C21H22N4O3S2. The maximum Gasteiger partial charge on any atom is 0.230 e. The number of amides is 2. The Bertz CT molecular complexity index is 962. The molecular weight excluding hydrogens is 420 g/mol. The summed E-state index contributed by atoms with van der Waals surface area (Å²) < 4.78 is 5.75. The summed E-state index contributed by atoms with van der Waals surface area (Å²) in [7, 11) is 1.61. The summed E-state index contributed by atoms with van der Waals surface area (Å²) in [4.78, 5) is 24.1. The number of aryl methyl sites for hydroxylation is 1. The predicted molar refractivity (Wildman–Crippen MR) is 119 cm³/mol. The number of hydrogen-bond donors (Lipinski definition) is 2. The van der Waals surface area contributed by atoms with E-state index < -0.39 is 0 Å². The molecule has 0 aliphatic carbocycles. The quantitative estimate of drug-likeness (QED) is 0.369. The van der Waals surface area contributed by atoms with Gasteiger partial charge in [-0.25, -0.2) is 0 Å². The molecule has 1 aromatic heterocycles. The Balaban J connectivity index is 1.37. The fourth-order valence-corrected chi connectivity index (χ4v) is 4.12. The molecule has 0 atom stereocenters. The van der Waals surface area contributed by atoms with E-state index in [9.17, 15) is 9.59 Å². The molecule has 0 spiro atoms. The van der Waals surface area contributed by atoms with Gasteiger partial charge in [-0.3, -0.25) is 9.59 Å². The van der Waals surface area contributed by atoms with E-state index in [-0.39, 0.29) is 17.6 Å². The fourth-order valence-electron chi connectivity index (χ4n) is 2.53. The molecule has 2 N–H and O–H groups in total. The molecule has 0 aliphatic heterocycles. The van der Waals surface area contributed by atoms with Gasteiger partial charge in [0.25, 0.3) is 0 Å². The normalized spacial score (nSPS) is 10.4. The molecule has 0 radical (unpaired) electrons. The molecule has 156 valence electrons. The molecule has 1 heterocycles. The second kappa shape index (κ2) is 11.3. The molecule has 2 aromatic carbocycles. The SMILES string of the molecule is COc1ccc(CNC(=O)CSc2nnc(NC(=O)CCc3ccccc3)s2)cc1. The van der Waals surface area contributed by atoms with Gasteiger partial charge in [0.1, 0.15) is 5.75 Å². The van der Waals surface area contributed by atoms with Gasteiger partial charge in [0, 0.05) is 13.0 Å². The Hall–Kier alpha value is -2.91. The first kappa shape index (κ1) is 21.8. The molecule has 0 fully saturated rings. The minimum absolute atomic E-state index is 0.0977. The monoisotopic (exact) mass is 442 g/mol. The first-order valence-electron chi connectivity index (χ1n) is 9.32. The van der Waals surface area contributed by atoms with Crippen molar-refractivity contribution in [2.45, 2.75) is 23.7 Å². The van der Waals surface area contributed by atoms with Gasteiger partial charge in [-0.2, -0.15) is 0 Å². The van der Waals surface area contributed by atoms with Gasteiger partial charge in [-0.1, -0.05) is 65.6 Å². The van der Waals surface area contributed by atoms with Crippen LogP contribution in [0.3, 0.4) is 0 Å².